The van der Waals surface area contributed by atoms with Gasteiger partial charge in [0.15, 0.2) is 0 Å². The summed E-state index contributed by atoms with van der Waals surface area (Å²) in [5, 5.41) is 2.83. The van der Waals surface area contributed by atoms with Gasteiger partial charge < -0.3 is 10.2 Å². The fraction of sp³-hybridized carbons (Fsp3) is 0.316. The topological polar surface area (TPSA) is 62.3 Å². The molecule has 1 aromatic carbocycles. The molecule has 1 saturated heterocycles. The Bertz CT molecular complexity index is 735. The zero-order valence-electron chi connectivity index (χ0n) is 13.8. The monoisotopic (exact) mass is 323 g/mol. The van der Waals surface area contributed by atoms with Crippen molar-refractivity contribution in [2.24, 2.45) is 0 Å². The van der Waals surface area contributed by atoms with Gasteiger partial charge in [-0.05, 0) is 44.4 Å². The molecule has 0 atom stereocenters. The molecule has 0 spiro atoms. The molecule has 1 aromatic heterocycles. The number of benzene rings is 1. The number of hydrogen-bond donors (Lipinski definition) is 1. The van der Waals surface area contributed by atoms with Gasteiger partial charge in [0.25, 0.3) is 11.8 Å². The molecule has 5 heteroatoms. The highest BCUT2D eigenvalue weighted by molar-refractivity contribution is 6.05. The van der Waals surface area contributed by atoms with E-state index in [1.54, 1.807) is 6.07 Å². The maximum atomic E-state index is 12.5. The van der Waals surface area contributed by atoms with Gasteiger partial charge in [-0.25, -0.2) is 0 Å². The van der Waals surface area contributed by atoms with Crippen LogP contribution in [0.1, 0.15) is 45.5 Å². The third kappa shape index (κ3) is 3.79. The number of carbonyl (C=O) groups excluding carboxylic acids is 2. The summed E-state index contributed by atoms with van der Waals surface area (Å²) in [6, 6.07) is 9.19. The third-order valence-corrected chi connectivity index (χ3v) is 4.20. The van der Waals surface area contributed by atoms with E-state index in [2.05, 4.69) is 10.3 Å². The third-order valence-electron chi connectivity index (χ3n) is 4.20. The lowest BCUT2D eigenvalue weighted by atomic mass is 10.1. The minimum atomic E-state index is -0.264. The number of aromatic nitrogens is 1. The largest absolute Gasteiger partial charge is 0.339 e. The van der Waals surface area contributed by atoms with Crippen molar-refractivity contribution in [3.8, 4) is 0 Å². The summed E-state index contributed by atoms with van der Waals surface area (Å²) in [7, 11) is 0. The van der Waals surface area contributed by atoms with E-state index in [0.29, 0.717) is 11.1 Å². The predicted molar refractivity (Wildman–Crippen MR) is 93.1 cm³/mol. The van der Waals surface area contributed by atoms with Crippen LogP contribution in [0.3, 0.4) is 0 Å². The number of rotatable bonds is 3. The number of amides is 2. The van der Waals surface area contributed by atoms with Crippen LogP contribution in [0.25, 0.3) is 0 Å². The number of aryl methyl sites for hydroxylation is 1. The number of anilines is 1. The molecule has 1 N–H and O–H groups in total. The molecule has 2 aromatic rings. The van der Waals surface area contributed by atoms with Crippen molar-refractivity contribution in [2.45, 2.75) is 26.2 Å². The highest BCUT2D eigenvalue weighted by Crippen LogP contribution is 2.15. The van der Waals surface area contributed by atoms with Gasteiger partial charge in [-0.1, -0.05) is 17.7 Å². The second kappa shape index (κ2) is 7.25. The number of carbonyl (C=O) groups is 2. The van der Waals surface area contributed by atoms with Gasteiger partial charge in [0.05, 0.1) is 11.1 Å². The Labute approximate surface area is 141 Å². The first-order valence-corrected chi connectivity index (χ1v) is 8.26. The molecule has 1 aliphatic rings. The van der Waals surface area contributed by atoms with Gasteiger partial charge in [0.1, 0.15) is 0 Å². The van der Waals surface area contributed by atoms with Crippen LogP contribution < -0.4 is 5.32 Å². The molecule has 0 unspecified atom stereocenters. The summed E-state index contributed by atoms with van der Waals surface area (Å²) in [5.74, 6) is -0.313. The molecular formula is C19H21N3O2. The van der Waals surface area contributed by atoms with Gasteiger partial charge in [0, 0.05) is 31.2 Å². The highest BCUT2D eigenvalue weighted by atomic mass is 16.2. The number of nitrogens with zero attached hydrogens (tertiary/aromatic N) is 2. The number of pyridine rings is 1. The lowest BCUT2D eigenvalue weighted by molar-refractivity contribution is 0.0724. The molecule has 1 fully saturated rings. The van der Waals surface area contributed by atoms with Gasteiger partial charge in [-0.3, -0.25) is 14.6 Å². The molecule has 5 nitrogen and oxygen atoms in total. The second-order valence-corrected chi connectivity index (χ2v) is 6.14. The first-order valence-electron chi connectivity index (χ1n) is 8.26. The maximum Gasteiger partial charge on any atom is 0.257 e. The molecule has 24 heavy (non-hydrogen) atoms. The summed E-state index contributed by atoms with van der Waals surface area (Å²) < 4.78 is 0. The van der Waals surface area contributed by atoms with E-state index in [9.17, 15) is 9.59 Å². The zero-order valence-corrected chi connectivity index (χ0v) is 13.8. The standard InChI is InChI=1S/C19H21N3O2/c1-14-5-7-17(8-6-14)21-18(23)15-11-16(13-20-12-15)19(24)22-9-3-2-4-10-22/h5-8,11-13H,2-4,9-10H2,1H3,(H,21,23). The number of nitrogens with one attached hydrogen (secondary N) is 1. The van der Waals surface area contributed by atoms with Crippen molar-refractivity contribution >= 4 is 17.5 Å². The zero-order chi connectivity index (χ0) is 16.9. The van der Waals surface area contributed by atoms with E-state index in [1.165, 1.54) is 18.8 Å². The minimum Gasteiger partial charge on any atom is -0.339 e. The van der Waals surface area contributed by atoms with Crippen molar-refractivity contribution in [3.05, 3.63) is 59.4 Å². The molecule has 0 radical (unpaired) electrons. The lowest BCUT2D eigenvalue weighted by Crippen LogP contribution is -2.35. The second-order valence-electron chi connectivity index (χ2n) is 6.14. The van der Waals surface area contributed by atoms with Crippen molar-refractivity contribution in [3.63, 3.8) is 0 Å². The number of hydrogen-bond acceptors (Lipinski definition) is 3. The molecule has 0 aliphatic carbocycles. The van der Waals surface area contributed by atoms with E-state index in [0.717, 1.165) is 37.2 Å². The van der Waals surface area contributed by atoms with Crippen LogP contribution >= 0.6 is 0 Å². The normalized spacial score (nSPS) is 14.3. The minimum absolute atomic E-state index is 0.0489. The SMILES string of the molecule is Cc1ccc(NC(=O)c2cncc(C(=O)N3CCCCC3)c2)cc1. The molecule has 3 rings (SSSR count). The van der Waals surface area contributed by atoms with Gasteiger partial charge in [-0.15, -0.1) is 0 Å². The maximum absolute atomic E-state index is 12.5. The average Bonchev–Trinajstić information content (AvgIpc) is 2.64. The van der Waals surface area contributed by atoms with Crippen LogP contribution in [0.5, 0.6) is 0 Å². The quantitative estimate of drug-likeness (QED) is 0.943. The Hall–Kier alpha value is -2.69. The Morgan fingerprint density at radius 1 is 1.00 bits per heavy atom. The van der Waals surface area contributed by atoms with Crippen LogP contribution in [0.2, 0.25) is 0 Å². The lowest BCUT2D eigenvalue weighted by Gasteiger charge is -2.26. The summed E-state index contributed by atoms with van der Waals surface area (Å²) in [4.78, 5) is 30.8. The van der Waals surface area contributed by atoms with E-state index >= 15 is 0 Å². The molecular weight excluding hydrogens is 302 g/mol. The van der Waals surface area contributed by atoms with Crippen LogP contribution in [0.15, 0.2) is 42.7 Å². The van der Waals surface area contributed by atoms with Crippen molar-refractivity contribution in [1.29, 1.82) is 0 Å². The summed E-state index contributed by atoms with van der Waals surface area (Å²) in [6.07, 6.45) is 6.25. The molecule has 2 amide bonds. The fourth-order valence-corrected chi connectivity index (χ4v) is 2.80. The van der Waals surface area contributed by atoms with Gasteiger partial charge in [0.2, 0.25) is 0 Å². The van der Waals surface area contributed by atoms with Crippen molar-refractivity contribution in [2.75, 3.05) is 18.4 Å². The average molecular weight is 323 g/mol. The van der Waals surface area contributed by atoms with Crippen LogP contribution in [-0.4, -0.2) is 34.8 Å². The Morgan fingerprint density at radius 2 is 1.67 bits per heavy atom. The molecule has 0 bridgehead atoms. The summed E-state index contributed by atoms with van der Waals surface area (Å²) in [6.45, 7) is 3.54. The first kappa shape index (κ1) is 16.2. The Balaban J connectivity index is 1.73. The van der Waals surface area contributed by atoms with Gasteiger partial charge in [-0.2, -0.15) is 0 Å². The molecule has 2 heterocycles. The number of piperidine rings is 1. The van der Waals surface area contributed by atoms with Crippen molar-refractivity contribution < 1.29 is 9.59 Å². The van der Waals surface area contributed by atoms with E-state index in [1.807, 2.05) is 36.1 Å². The summed E-state index contributed by atoms with van der Waals surface area (Å²) in [5.41, 5.74) is 2.70. The fourth-order valence-electron chi connectivity index (χ4n) is 2.80. The molecule has 124 valence electrons. The van der Waals surface area contributed by atoms with Crippen LogP contribution in [0.4, 0.5) is 5.69 Å². The first-order chi connectivity index (χ1) is 11.6. The van der Waals surface area contributed by atoms with Crippen LogP contribution in [-0.2, 0) is 0 Å². The smallest absolute Gasteiger partial charge is 0.257 e. The molecule has 1 aliphatic heterocycles. The van der Waals surface area contributed by atoms with E-state index in [-0.39, 0.29) is 11.8 Å². The van der Waals surface area contributed by atoms with Crippen LogP contribution in [0, 0.1) is 6.92 Å². The number of likely N-dealkylation sites (tertiary alicyclic amines) is 1. The Morgan fingerprint density at radius 3 is 2.38 bits per heavy atom. The van der Waals surface area contributed by atoms with E-state index in [4.69, 9.17) is 0 Å². The summed E-state index contributed by atoms with van der Waals surface area (Å²) >= 11 is 0. The Kier molecular flexibility index (Phi) is 4.89. The van der Waals surface area contributed by atoms with Gasteiger partial charge >= 0.3 is 0 Å². The highest BCUT2D eigenvalue weighted by Gasteiger charge is 2.19. The molecule has 0 saturated carbocycles. The predicted octanol–water partition coefficient (Wildman–Crippen LogP) is 3.27. The van der Waals surface area contributed by atoms with Crippen molar-refractivity contribution in [1.82, 2.24) is 9.88 Å². The van der Waals surface area contributed by atoms with E-state index < -0.39 is 0 Å².